The van der Waals surface area contributed by atoms with E-state index < -0.39 is 29.3 Å². The first-order valence-corrected chi connectivity index (χ1v) is 16.2. The minimum Gasteiger partial charge on any atom is -0.366 e. The average molecular weight is 668 g/mol. The molecule has 14 heteroatoms. The second kappa shape index (κ2) is 10.5. The molecule has 10 nitrogen and oxygen atoms in total. The largest absolute Gasteiger partial charge is 0.416 e. The maximum Gasteiger partial charge on any atom is 0.416 e. The third kappa shape index (κ3) is 4.76. The summed E-state index contributed by atoms with van der Waals surface area (Å²) in [5.74, 6) is -0.108. The minimum absolute atomic E-state index is 0.0629. The van der Waals surface area contributed by atoms with Crippen molar-refractivity contribution in [3.63, 3.8) is 0 Å². The number of nitrogens with one attached hydrogen (secondary N) is 2. The van der Waals surface area contributed by atoms with Crippen molar-refractivity contribution in [3.05, 3.63) is 74.2 Å². The Morgan fingerprint density at radius 3 is 2.70 bits per heavy atom. The van der Waals surface area contributed by atoms with Crippen LogP contribution in [-0.2, 0) is 27.9 Å². The number of aromatic nitrogens is 4. The van der Waals surface area contributed by atoms with Crippen LogP contribution in [0.1, 0.15) is 74.4 Å². The van der Waals surface area contributed by atoms with Gasteiger partial charge in [0.15, 0.2) is 5.82 Å². The zero-order valence-corrected chi connectivity index (χ0v) is 26.7. The van der Waals surface area contributed by atoms with Gasteiger partial charge < -0.3 is 20.3 Å². The maximum atomic E-state index is 14.4. The van der Waals surface area contributed by atoms with Crippen LogP contribution in [0.2, 0.25) is 5.02 Å². The van der Waals surface area contributed by atoms with Gasteiger partial charge in [-0.05, 0) is 68.5 Å². The van der Waals surface area contributed by atoms with Crippen molar-refractivity contribution in [2.24, 2.45) is 0 Å². The first kappa shape index (κ1) is 30.4. The summed E-state index contributed by atoms with van der Waals surface area (Å²) < 4.78 is 48.8. The molecule has 1 amide bonds. The Morgan fingerprint density at radius 1 is 1.17 bits per heavy atom. The molecule has 3 aliphatic heterocycles. The van der Waals surface area contributed by atoms with Crippen molar-refractivity contribution in [1.29, 1.82) is 0 Å². The Balaban J connectivity index is 1.26. The Labute approximate surface area is 272 Å². The van der Waals surface area contributed by atoms with Gasteiger partial charge in [0.2, 0.25) is 11.7 Å². The lowest BCUT2D eigenvalue weighted by atomic mass is 9.83. The molecule has 0 spiro atoms. The lowest BCUT2D eigenvalue weighted by Crippen LogP contribution is -2.64. The summed E-state index contributed by atoms with van der Waals surface area (Å²) in [6.45, 7) is 7.80. The fraction of sp³-hybridized carbons (Fsp3) is 0.455. The van der Waals surface area contributed by atoms with Gasteiger partial charge in [-0.15, -0.1) is 5.10 Å². The molecule has 0 bridgehead atoms. The number of nitrogens with zero attached hydrogens (tertiary/aromatic N) is 5. The number of carbonyl (C=O) groups excluding carboxylic acids is 1. The number of halogens is 4. The monoisotopic (exact) mass is 667 g/mol. The Kier molecular flexibility index (Phi) is 6.81. The van der Waals surface area contributed by atoms with Crippen molar-refractivity contribution >= 4 is 34.7 Å². The normalized spacial score (nSPS) is 24.5. The van der Waals surface area contributed by atoms with Crippen LogP contribution in [0.4, 0.5) is 24.5 Å². The summed E-state index contributed by atoms with van der Waals surface area (Å²) >= 11 is 6.21. The van der Waals surface area contributed by atoms with E-state index in [1.54, 1.807) is 4.57 Å². The van der Waals surface area contributed by atoms with Gasteiger partial charge in [-0.3, -0.25) is 14.2 Å². The molecule has 1 aliphatic carbocycles. The van der Waals surface area contributed by atoms with Gasteiger partial charge in [-0.2, -0.15) is 22.7 Å². The molecular formula is C33H33ClF3N7O3. The molecule has 2 fully saturated rings. The Morgan fingerprint density at radius 2 is 1.98 bits per heavy atom. The standard InChI is InChI=1S/C33H33ClF3N7O3/c1-16-12-25(29(45)39-22-7-5-19(14-21(22)34)33(35,36)37)43-26(16)27(42-11-10-38-23-8-9-24(23)42)30(46)44-31(43)40-28(41-44)17-4-6-20-18(13-17)15-47-32(20,2)3/h4-7,13-14,16,23-25,38H,8-12,15H2,1-3H3,(H,39,45)/t16-,23+,24+,25?/m1/s1. The smallest absolute Gasteiger partial charge is 0.366 e. The van der Waals surface area contributed by atoms with Crippen molar-refractivity contribution in [2.75, 3.05) is 23.3 Å². The number of ether oxygens (including phenoxy) is 1. The molecular weight excluding hydrogens is 635 g/mol. The van der Waals surface area contributed by atoms with Crippen LogP contribution in [-0.4, -0.2) is 50.2 Å². The number of rotatable bonds is 4. The van der Waals surface area contributed by atoms with Crippen LogP contribution in [0, 0.1) is 0 Å². The van der Waals surface area contributed by atoms with E-state index in [2.05, 4.69) is 15.5 Å². The molecule has 4 aliphatic rings. The number of piperazine rings is 1. The molecule has 0 radical (unpaired) electrons. The predicted molar refractivity (Wildman–Crippen MR) is 170 cm³/mol. The van der Waals surface area contributed by atoms with E-state index in [-0.39, 0.29) is 40.0 Å². The van der Waals surface area contributed by atoms with Gasteiger partial charge in [0.1, 0.15) is 11.7 Å². The molecule has 1 saturated carbocycles. The molecule has 47 heavy (non-hydrogen) atoms. The molecule has 4 aromatic rings. The molecule has 5 heterocycles. The summed E-state index contributed by atoms with van der Waals surface area (Å²) in [6, 6.07) is 8.31. The summed E-state index contributed by atoms with van der Waals surface area (Å²) in [5.41, 5.74) is 2.48. The average Bonchev–Trinajstić information content (AvgIpc) is 3.68. The van der Waals surface area contributed by atoms with Crippen LogP contribution in [0.5, 0.6) is 0 Å². The second-order valence-corrected chi connectivity index (χ2v) is 13.9. The van der Waals surface area contributed by atoms with E-state index in [4.69, 9.17) is 26.4 Å². The maximum absolute atomic E-state index is 14.4. The van der Waals surface area contributed by atoms with E-state index >= 15 is 0 Å². The lowest BCUT2D eigenvalue weighted by Gasteiger charge is -2.50. The van der Waals surface area contributed by atoms with Crippen molar-refractivity contribution < 1.29 is 22.7 Å². The van der Waals surface area contributed by atoms with Gasteiger partial charge in [-0.1, -0.05) is 30.7 Å². The molecule has 4 atom stereocenters. The first-order valence-electron chi connectivity index (χ1n) is 15.8. The van der Waals surface area contributed by atoms with Crippen LogP contribution in [0.15, 0.2) is 41.2 Å². The van der Waals surface area contributed by atoms with Crippen LogP contribution in [0.25, 0.3) is 17.2 Å². The number of anilines is 2. The number of amides is 1. The highest BCUT2D eigenvalue weighted by molar-refractivity contribution is 6.33. The van der Waals surface area contributed by atoms with Gasteiger partial charge in [0, 0.05) is 36.7 Å². The predicted octanol–water partition coefficient (Wildman–Crippen LogP) is 5.62. The van der Waals surface area contributed by atoms with Crippen molar-refractivity contribution in [1.82, 2.24) is 24.5 Å². The molecule has 1 unspecified atom stereocenters. The Bertz CT molecular complexity index is 2020. The van der Waals surface area contributed by atoms with Crippen LogP contribution in [0.3, 0.4) is 0 Å². The number of alkyl halides is 3. The van der Waals surface area contributed by atoms with Crippen LogP contribution < -0.4 is 21.1 Å². The first-order chi connectivity index (χ1) is 22.3. The number of carbonyl (C=O) groups is 1. The van der Waals surface area contributed by atoms with E-state index in [1.807, 2.05) is 39.0 Å². The summed E-state index contributed by atoms with van der Waals surface area (Å²) in [7, 11) is 0. The van der Waals surface area contributed by atoms with Gasteiger partial charge >= 0.3 is 6.18 Å². The van der Waals surface area contributed by atoms with Gasteiger partial charge in [-0.25, -0.2) is 0 Å². The summed E-state index contributed by atoms with van der Waals surface area (Å²) in [6.07, 6.45) is -2.26. The van der Waals surface area contributed by atoms with E-state index in [0.29, 0.717) is 42.3 Å². The summed E-state index contributed by atoms with van der Waals surface area (Å²) in [4.78, 5) is 35.4. The number of hydrogen-bond donors (Lipinski definition) is 2. The van der Waals surface area contributed by atoms with Crippen molar-refractivity contribution in [3.8, 4) is 11.4 Å². The highest BCUT2D eigenvalue weighted by Gasteiger charge is 2.45. The third-order valence-electron chi connectivity index (χ3n) is 10.2. The number of benzene rings is 2. The summed E-state index contributed by atoms with van der Waals surface area (Å²) in [5, 5.41) is 10.8. The number of hydrogen-bond acceptors (Lipinski definition) is 7. The van der Waals surface area contributed by atoms with E-state index in [0.717, 1.165) is 48.7 Å². The molecule has 1 saturated heterocycles. The van der Waals surface area contributed by atoms with Gasteiger partial charge in [0.25, 0.3) is 5.56 Å². The zero-order chi connectivity index (χ0) is 33.0. The third-order valence-corrected chi connectivity index (χ3v) is 10.5. The highest BCUT2D eigenvalue weighted by Crippen LogP contribution is 2.44. The van der Waals surface area contributed by atoms with Gasteiger partial charge in [0.05, 0.1) is 34.2 Å². The quantitative estimate of drug-likeness (QED) is 0.291. The molecule has 246 valence electrons. The fourth-order valence-electron chi connectivity index (χ4n) is 7.67. The van der Waals surface area contributed by atoms with E-state index in [9.17, 15) is 22.8 Å². The topological polar surface area (TPSA) is 106 Å². The molecule has 2 aromatic carbocycles. The highest BCUT2D eigenvalue weighted by atomic mass is 35.5. The van der Waals surface area contributed by atoms with Crippen molar-refractivity contribution in [2.45, 2.75) is 82.5 Å². The van der Waals surface area contributed by atoms with Crippen LogP contribution >= 0.6 is 11.6 Å². The minimum atomic E-state index is -4.57. The molecule has 2 aromatic heterocycles. The SMILES string of the molecule is C[C@@H]1CC(C(=O)Nc2ccc(C(F)(F)F)cc2Cl)n2c1c(N1CCN[C@H]3CC[C@@H]31)c(=O)n1nc(-c3ccc4c(c3)COC4(C)C)nc21. The second-order valence-electron chi connectivity index (χ2n) is 13.5. The zero-order valence-electron chi connectivity index (χ0n) is 26.0. The Hall–Kier alpha value is -3.94. The fourth-order valence-corrected chi connectivity index (χ4v) is 7.89. The molecule has 2 N–H and O–H groups in total. The lowest BCUT2D eigenvalue weighted by molar-refractivity contribution is -0.137. The van der Waals surface area contributed by atoms with E-state index in [1.165, 1.54) is 4.52 Å². The molecule has 8 rings (SSSR count). The number of fused-ring (bicyclic) bond motifs is 5.